The molecule has 0 aliphatic rings. The van der Waals surface area contributed by atoms with E-state index < -0.39 is 28.9 Å². The number of aliphatic hydroxyl groups excluding tert-OH is 1. The van der Waals surface area contributed by atoms with Gasteiger partial charge < -0.3 is 10.2 Å². The van der Waals surface area contributed by atoms with Crippen LogP contribution in [0.25, 0.3) is 10.1 Å². The molecule has 1 atom stereocenters. The molecular formula is C12H11NO5S. The minimum absolute atomic E-state index is 0.314. The molecule has 0 radical (unpaired) electrons. The summed E-state index contributed by atoms with van der Waals surface area (Å²) in [6, 6.07) is 6.66. The van der Waals surface area contributed by atoms with E-state index in [1.54, 1.807) is 24.3 Å². The minimum atomic E-state index is -1.27. The first kappa shape index (κ1) is 13.4. The van der Waals surface area contributed by atoms with E-state index in [0.717, 1.165) is 15.9 Å². The molecular weight excluding hydrogens is 270 g/mol. The van der Waals surface area contributed by atoms with Crippen LogP contribution in [0.4, 0.5) is 0 Å². The summed E-state index contributed by atoms with van der Waals surface area (Å²) >= 11 is 0.892. The summed E-state index contributed by atoms with van der Waals surface area (Å²) in [6.07, 6.45) is -1.78. The van der Waals surface area contributed by atoms with Crippen molar-refractivity contribution < 1.29 is 15.0 Å². The van der Waals surface area contributed by atoms with Crippen molar-refractivity contribution in [3.8, 4) is 0 Å². The Bertz CT molecular complexity index is 733. The molecule has 2 rings (SSSR count). The zero-order chi connectivity index (χ0) is 14.0. The highest BCUT2D eigenvalue weighted by Gasteiger charge is 2.14. The molecule has 7 heteroatoms. The fourth-order valence-corrected chi connectivity index (χ4v) is 2.61. The number of rotatable bonds is 4. The summed E-state index contributed by atoms with van der Waals surface area (Å²) in [5.74, 6) is -1.18. The van der Waals surface area contributed by atoms with Crippen molar-refractivity contribution in [1.82, 2.24) is 4.57 Å². The number of carbonyl (C=O) groups is 1. The van der Waals surface area contributed by atoms with Crippen molar-refractivity contribution in [2.24, 2.45) is 0 Å². The van der Waals surface area contributed by atoms with E-state index in [1.165, 1.54) is 0 Å². The van der Waals surface area contributed by atoms with E-state index in [1.807, 2.05) is 0 Å². The molecule has 1 heterocycles. The molecule has 0 saturated carbocycles. The Hall–Kier alpha value is -1.99. The zero-order valence-corrected chi connectivity index (χ0v) is 10.6. The van der Waals surface area contributed by atoms with Crippen molar-refractivity contribution in [3.63, 3.8) is 0 Å². The van der Waals surface area contributed by atoms with Gasteiger partial charge in [-0.15, -0.1) is 0 Å². The zero-order valence-electron chi connectivity index (χ0n) is 9.78. The number of aromatic nitrogens is 1. The van der Waals surface area contributed by atoms with Gasteiger partial charge in [-0.1, -0.05) is 23.5 Å². The van der Waals surface area contributed by atoms with Gasteiger partial charge in [-0.25, -0.2) is 0 Å². The standard InChI is InChI=1S/C12H11NO5S/c14-7(5-10(15)16)6-13-11(17)8-3-1-2-4-9(8)19-12(13)18/h1-4,7,14H,5-6H2,(H,15,16). The van der Waals surface area contributed by atoms with Gasteiger partial charge in [0, 0.05) is 4.70 Å². The summed E-state index contributed by atoms with van der Waals surface area (Å²) < 4.78 is 1.45. The number of hydrogen-bond donors (Lipinski definition) is 2. The molecule has 1 unspecified atom stereocenters. The second kappa shape index (κ2) is 5.33. The molecule has 0 aliphatic heterocycles. The van der Waals surface area contributed by atoms with Gasteiger partial charge in [0.25, 0.3) is 5.56 Å². The molecule has 100 valence electrons. The van der Waals surface area contributed by atoms with Crippen molar-refractivity contribution in [2.45, 2.75) is 19.1 Å². The summed E-state index contributed by atoms with van der Waals surface area (Å²) in [4.78, 5) is 33.8. The van der Waals surface area contributed by atoms with E-state index in [2.05, 4.69) is 0 Å². The second-order valence-corrected chi connectivity index (χ2v) is 5.02. The highest BCUT2D eigenvalue weighted by atomic mass is 32.1. The maximum atomic E-state index is 12.1. The first-order chi connectivity index (χ1) is 8.99. The third-order valence-electron chi connectivity index (χ3n) is 2.58. The fourth-order valence-electron chi connectivity index (χ4n) is 1.74. The highest BCUT2D eigenvalue weighted by molar-refractivity contribution is 7.16. The van der Waals surface area contributed by atoms with Gasteiger partial charge in [-0.2, -0.15) is 0 Å². The molecule has 0 fully saturated rings. The Balaban J connectivity index is 2.46. The van der Waals surface area contributed by atoms with E-state index in [-0.39, 0.29) is 6.54 Å². The highest BCUT2D eigenvalue weighted by Crippen LogP contribution is 2.11. The van der Waals surface area contributed by atoms with Crippen LogP contribution in [0.5, 0.6) is 0 Å². The predicted molar refractivity (Wildman–Crippen MR) is 70.6 cm³/mol. The fraction of sp³-hybridized carbons (Fsp3) is 0.250. The largest absolute Gasteiger partial charge is 0.481 e. The molecule has 0 saturated heterocycles. The SMILES string of the molecule is O=C(O)CC(O)Cn1c(=O)sc2ccccc2c1=O. The summed E-state index contributed by atoms with van der Waals surface area (Å²) in [6.45, 7) is -0.314. The van der Waals surface area contributed by atoms with Crippen LogP contribution < -0.4 is 10.4 Å². The number of carboxylic acid groups (broad SMARTS) is 1. The Labute approximate surface area is 111 Å². The Morgan fingerprint density at radius 2 is 2.00 bits per heavy atom. The van der Waals surface area contributed by atoms with Gasteiger partial charge in [0.15, 0.2) is 0 Å². The van der Waals surface area contributed by atoms with Gasteiger partial charge in [0.2, 0.25) is 0 Å². The molecule has 0 aliphatic carbocycles. The van der Waals surface area contributed by atoms with Crippen LogP contribution in [-0.2, 0) is 11.3 Å². The van der Waals surface area contributed by atoms with Crippen LogP contribution in [0.15, 0.2) is 33.9 Å². The van der Waals surface area contributed by atoms with Crippen molar-refractivity contribution in [3.05, 3.63) is 44.3 Å². The number of nitrogens with zero attached hydrogens (tertiary/aromatic N) is 1. The number of hydrogen-bond acceptors (Lipinski definition) is 5. The number of benzene rings is 1. The third-order valence-corrected chi connectivity index (χ3v) is 3.55. The van der Waals surface area contributed by atoms with E-state index in [9.17, 15) is 19.5 Å². The van der Waals surface area contributed by atoms with Crippen LogP contribution in [0.2, 0.25) is 0 Å². The van der Waals surface area contributed by atoms with E-state index in [4.69, 9.17) is 5.11 Å². The lowest BCUT2D eigenvalue weighted by molar-refractivity contribution is -0.139. The minimum Gasteiger partial charge on any atom is -0.481 e. The predicted octanol–water partition coefficient (Wildman–Crippen LogP) is 0.259. The smallest absolute Gasteiger partial charge is 0.310 e. The second-order valence-electron chi connectivity index (χ2n) is 4.03. The average Bonchev–Trinajstić information content (AvgIpc) is 2.33. The molecule has 6 nitrogen and oxygen atoms in total. The van der Waals surface area contributed by atoms with Gasteiger partial charge in [0.1, 0.15) is 0 Å². The van der Waals surface area contributed by atoms with Gasteiger partial charge in [0.05, 0.1) is 24.5 Å². The van der Waals surface area contributed by atoms with E-state index in [0.29, 0.717) is 10.1 Å². The van der Waals surface area contributed by atoms with Crippen LogP contribution in [0.1, 0.15) is 6.42 Å². The lowest BCUT2D eigenvalue weighted by Crippen LogP contribution is -2.35. The number of aliphatic hydroxyl groups is 1. The molecule has 2 N–H and O–H groups in total. The van der Waals surface area contributed by atoms with Crippen LogP contribution in [0.3, 0.4) is 0 Å². The molecule has 1 aromatic carbocycles. The van der Waals surface area contributed by atoms with Crippen molar-refractivity contribution in [1.29, 1.82) is 0 Å². The van der Waals surface area contributed by atoms with Gasteiger partial charge in [-0.05, 0) is 12.1 Å². The van der Waals surface area contributed by atoms with Gasteiger partial charge >= 0.3 is 10.8 Å². The first-order valence-corrected chi connectivity index (χ1v) is 6.33. The van der Waals surface area contributed by atoms with Crippen molar-refractivity contribution in [2.75, 3.05) is 0 Å². The summed E-state index contributed by atoms with van der Waals surface area (Å²) in [7, 11) is 0. The Morgan fingerprint density at radius 1 is 1.32 bits per heavy atom. The quantitative estimate of drug-likeness (QED) is 0.838. The third kappa shape index (κ3) is 2.88. The topological polar surface area (TPSA) is 96.6 Å². The van der Waals surface area contributed by atoms with Crippen molar-refractivity contribution >= 4 is 27.4 Å². The van der Waals surface area contributed by atoms with E-state index >= 15 is 0 Å². The number of aliphatic carboxylic acids is 1. The normalized spacial score (nSPS) is 12.5. The molecule has 0 bridgehead atoms. The summed E-state index contributed by atoms with van der Waals surface area (Å²) in [5, 5.41) is 18.5. The van der Waals surface area contributed by atoms with Crippen LogP contribution in [0, 0.1) is 0 Å². The van der Waals surface area contributed by atoms with Crippen LogP contribution >= 0.6 is 11.3 Å². The molecule has 1 aromatic heterocycles. The molecule has 2 aromatic rings. The maximum Gasteiger partial charge on any atom is 0.310 e. The number of carboxylic acids is 1. The van der Waals surface area contributed by atoms with Gasteiger partial charge in [-0.3, -0.25) is 19.0 Å². The Morgan fingerprint density at radius 3 is 2.68 bits per heavy atom. The average molecular weight is 281 g/mol. The number of fused-ring (bicyclic) bond motifs is 1. The molecule has 0 amide bonds. The maximum absolute atomic E-state index is 12.1. The molecule has 0 spiro atoms. The molecule has 19 heavy (non-hydrogen) atoms. The van der Waals surface area contributed by atoms with Crippen LogP contribution in [-0.4, -0.2) is 26.9 Å². The summed E-state index contributed by atoms with van der Waals surface area (Å²) in [5.41, 5.74) is -0.510. The lowest BCUT2D eigenvalue weighted by Gasteiger charge is -2.09. The first-order valence-electron chi connectivity index (χ1n) is 5.51. The Kier molecular flexibility index (Phi) is 3.77. The lowest BCUT2D eigenvalue weighted by atomic mass is 10.2. The monoisotopic (exact) mass is 281 g/mol.